The lowest BCUT2D eigenvalue weighted by atomic mass is 9.97. The maximum absolute atomic E-state index is 12.4. The van der Waals surface area contributed by atoms with E-state index in [0.29, 0.717) is 37.8 Å². The minimum atomic E-state index is -0.0475. The van der Waals surface area contributed by atoms with E-state index in [0.717, 1.165) is 13.0 Å². The van der Waals surface area contributed by atoms with Gasteiger partial charge in [0.2, 0.25) is 0 Å². The molecule has 6 nitrogen and oxygen atoms in total. The molecule has 2 aliphatic rings. The number of hydrogen-bond acceptors (Lipinski definition) is 5. The van der Waals surface area contributed by atoms with E-state index in [1.54, 1.807) is 11.0 Å². The Morgan fingerprint density at radius 1 is 1.26 bits per heavy atom. The number of amides is 1. The molecular formula is C17H24N4O2. The summed E-state index contributed by atoms with van der Waals surface area (Å²) in [5.41, 5.74) is 1.98. The Kier molecular flexibility index (Phi) is 5.58. The third-order valence-electron chi connectivity index (χ3n) is 4.32. The summed E-state index contributed by atoms with van der Waals surface area (Å²) in [6.45, 7) is 3.28. The van der Waals surface area contributed by atoms with Crippen LogP contribution in [-0.2, 0) is 4.74 Å². The molecule has 124 valence electrons. The smallest absolute Gasteiger partial charge is 0.272 e. The van der Waals surface area contributed by atoms with E-state index in [1.807, 2.05) is 0 Å². The number of allylic oxidation sites excluding steroid dienone is 1. The van der Waals surface area contributed by atoms with Crippen LogP contribution < -0.4 is 5.32 Å². The highest BCUT2D eigenvalue weighted by Gasteiger charge is 2.20. The van der Waals surface area contributed by atoms with E-state index in [1.165, 1.54) is 37.6 Å². The second-order valence-electron chi connectivity index (χ2n) is 5.98. The molecule has 1 amide bonds. The van der Waals surface area contributed by atoms with Gasteiger partial charge in [0.05, 0.1) is 13.2 Å². The normalized spacial score (nSPS) is 18.4. The van der Waals surface area contributed by atoms with Crippen LogP contribution in [0, 0.1) is 0 Å². The summed E-state index contributed by atoms with van der Waals surface area (Å²) in [4.78, 5) is 22.5. The van der Waals surface area contributed by atoms with E-state index in [9.17, 15) is 4.79 Å². The number of rotatable bonds is 5. The van der Waals surface area contributed by atoms with Gasteiger partial charge in [-0.1, -0.05) is 11.6 Å². The van der Waals surface area contributed by atoms with E-state index in [-0.39, 0.29) is 5.91 Å². The molecule has 1 saturated heterocycles. The molecule has 2 heterocycles. The van der Waals surface area contributed by atoms with Crippen molar-refractivity contribution in [2.75, 3.05) is 38.2 Å². The van der Waals surface area contributed by atoms with Gasteiger partial charge in [0.1, 0.15) is 17.8 Å². The van der Waals surface area contributed by atoms with Crippen molar-refractivity contribution in [3.8, 4) is 0 Å². The summed E-state index contributed by atoms with van der Waals surface area (Å²) in [5.74, 6) is 0.668. The average Bonchev–Trinajstić information content (AvgIpc) is 2.63. The number of nitrogens with one attached hydrogen (secondary N) is 1. The number of hydrogen-bond donors (Lipinski definition) is 1. The SMILES string of the molecule is O=C(c1cc(NCCC2=CCCCC2)ncn1)N1CCOCC1. The van der Waals surface area contributed by atoms with Crippen LogP contribution in [-0.4, -0.2) is 53.6 Å². The van der Waals surface area contributed by atoms with E-state index in [2.05, 4.69) is 21.4 Å². The van der Waals surface area contributed by atoms with Crippen LogP contribution >= 0.6 is 0 Å². The molecule has 0 radical (unpaired) electrons. The Labute approximate surface area is 136 Å². The molecule has 0 atom stereocenters. The number of morpholine rings is 1. The predicted octanol–water partition coefficient (Wildman–Crippen LogP) is 2.25. The van der Waals surface area contributed by atoms with Gasteiger partial charge in [0.25, 0.3) is 5.91 Å². The first-order chi connectivity index (χ1) is 11.3. The Balaban J connectivity index is 1.54. The minimum Gasteiger partial charge on any atom is -0.378 e. The predicted molar refractivity (Wildman–Crippen MR) is 88.4 cm³/mol. The maximum atomic E-state index is 12.4. The molecule has 0 saturated carbocycles. The fraction of sp³-hybridized carbons (Fsp3) is 0.588. The zero-order valence-corrected chi connectivity index (χ0v) is 13.5. The van der Waals surface area contributed by atoms with E-state index < -0.39 is 0 Å². The van der Waals surface area contributed by atoms with Crippen molar-refractivity contribution in [1.29, 1.82) is 0 Å². The van der Waals surface area contributed by atoms with Crippen molar-refractivity contribution in [2.45, 2.75) is 32.1 Å². The van der Waals surface area contributed by atoms with Gasteiger partial charge in [0.15, 0.2) is 0 Å². The first kappa shape index (κ1) is 15.9. The summed E-state index contributed by atoms with van der Waals surface area (Å²) in [6.07, 6.45) is 9.89. The van der Waals surface area contributed by atoms with Crippen LogP contribution in [0.1, 0.15) is 42.6 Å². The monoisotopic (exact) mass is 316 g/mol. The fourth-order valence-corrected chi connectivity index (χ4v) is 2.98. The van der Waals surface area contributed by atoms with Crippen molar-refractivity contribution < 1.29 is 9.53 Å². The van der Waals surface area contributed by atoms with E-state index >= 15 is 0 Å². The van der Waals surface area contributed by atoms with Crippen LogP contribution in [0.25, 0.3) is 0 Å². The second-order valence-corrected chi connectivity index (χ2v) is 5.98. The number of carbonyl (C=O) groups is 1. The van der Waals surface area contributed by atoms with Crippen molar-refractivity contribution in [1.82, 2.24) is 14.9 Å². The van der Waals surface area contributed by atoms with Crippen molar-refractivity contribution >= 4 is 11.7 Å². The quantitative estimate of drug-likeness (QED) is 0.844. The third kappa shape index (κ3) is 4.51. The highest BCUT2D eigenvalue weighted by Crippen LogP contribution is 2.20. The Bertz CT molecular complexity index is 567. The summed E-state index contributed by atoms with van der Waals surface area (Å²) < 4.78 is 5.28. The summed E-state index contributed by atoms with van der Waals surface area (Å²) in [7, 11) is 0. The molecule has 3 rings (SSSR count). The van der Waals surface area contributed by atoms with E-state index in [4.69, 9.17) is 4.74 Å². The molecule has 1 N–H and O–H groups in total. The fourth-order valence-electron chi connectivity index (χ4n) is 2.98. The lowest BCUT2D eigenvalue weighted by molar-refractivity contribution is 0.0299. The highest BCUT2D eigenvalue weighted by molar-refractivity contribution is 5.92. The number of anilines is 1. The average molecular weight is 316 g/mol. The van der Waals surface area contributed by atoms with Crippen molar-refractivity contribution in [2.24, 2.45) is 0 Å². The first-order valence-corrected chi connectivity index (χ1v) is 8.44. The van der Waals surface area contributed by atoms with Gasteiger partial charge in [-0.15, -0.1) is 0 Å². The van der Waals surface area contributed by atoms with Gasteiger partial charge in [-0.25, -0.2) is 9.97 Å². The molecule has 0 aromatic carbocycles. The van der Waals surface area contributed by atoms with Crippen LogP contribution in [0.15, 0.2) is 24.0 Å². The topological polar surface area (TPSA) is 67.4 Å². The van der Waals surface area contributed by atoms with Crippen molar-refractivity contribution in [3.05, 3.63) is 29.7 Å². The summed E-state index contributed by atoms with van der Waals surface area (Å²) in [5, 5.41) is 3.30. The Morgan fingerprint density at radius 2 is 2.13 bits per heavy atom. The summed E-state index contributed by atoms with van der Waals surface area (Å²) in [6, 6.07) is 1.74. The van der Waals surface area contributed by atoms with Gasteiger partial charge in [-0.2, -0.15) is 0 Å². The van der Waals surface area contributed by atoms with Crippen molar-refractivity contribution in [3.63, 3.8) is 0 Å². The lowest BCUT2D eigenvalue weighted by Crippen LogP contribution is -2.41. The lowest BCUT2D eigenvalue weighted by Gasteiger charge is -2.26. The third-order valence-corrected chi connectivity index (χ3v) is 4.32. The Morgan fingerprint density at radius 3 is 2.91 bits per heavy atom. The maximum Gasteiger partial charge on any atom is 0.272 e. The van der Waals surface area contributed by atoms with Gasteiger partial charge >= 0.3 is 0 Å². The molecular weight excluding hydrogens is 292 g/mol. The molecule has 1 aromatic heterocycles. The number of aromatic nitrogens is 2. The summed E-state index contributed by atoms with van der Waals surface area (Å²) >= 11 is 0. The first-order valence-electron chi connectivity index (χ1n) is 8.44. The largest absolute Gasteiger partial charge is 0.378 e. The zero-order valence-electron chi connectivity index (χ0n) is 13.5. The molecule has 0 spiro atoms. The van der Waals surface area contributed by atoms with Crippen LogP contribution in [0.4, 0.5) is 5.82 Å². The molecule has 0 unspecified atom stereocenters. The molecule has 1 aliphatic carbocycles. The van der Waals surface area contributed by atoms with Gasteiger partial charge in [0, 0.05) is 25.7 Å². The number of carbonyl (C=O) groups excluding carboxylic acids is 1. The highest BCUT2D eigenvalue weighted by atomic mass is 16.5. The molecule has 0 bridgehead atoms. The van der Waals surface area contributed by atoms with Gasteiger partial charge < -0.3 is 15.0 Å². The number of nitrogens with zero attached hydrogens (tertiary/aromatic N) is 3. The molecule has 1 aliphatic heterocycles. The van der Waals surface area contributed by atoms with Crippen LogP contribution in [0.5, 0.6) is 0 Å². The van der Waals surface area contributed by atoms with Gasteiger partial charge in [-0.3, -0.25) is 4.79 Å². The van der Waals surface area contributed by atoms with Crippen LogP contribution in [0.2, 0.25) is 0 Å². The molecule has 1 aromatic rings. The standard InChI is InChI=1S/C17H24N4O2/c22-17(21-8-10-23-11-9-21)15-12-16(20-13-19-15)18-7-6-14-4-2-1-3-5-14/h4,12-13H,1-3,5-11H2,(H,18,19,20). The van der Waals surface area contributed by atoms with Crippen LogP contribution in [0.3, 0.4) is 0 Å². The minimum absolute atomic E-state index is 0.0475. The zero-order chi connectivity index (χ0) is 15.9. The van der Waals surface area contributed by atoms with Gasteiger partial charge in [-0.05, 0) is 32.1 Å². The second kappa shape index (κ2) is 8.06. The molecule has 1 fully saturated rings. The number of ether oxygens (including phenoxy) is 1. The molecule has 6 heteroatoms. The molecule has 23 heavy (non-hydrogen) atoms. The Hall–Kier alpha value is -1.95.